The van der Waals surface area contributed by atoms with Crippen molar-refractivity contribution < 1.29 is 10.2 Å². The summed E-state index contributed by atoms with van der Waals surface area (Å²) in [6.45, 7) is 0. The third-order valence-corrected chi connectivity index (χ3v) is 8.55. The van der Waals surface area contributed by atoms with Crippen molar-refractivity contribution >= 4 is 38.9 Å². The fourth-order valence-corrected chi connectivity index (χ4v) is 6.47. The van der Waals surface area contributed by atoms with Gasteiger partial charge in [0.05, 0.1) is 16.7 Å². The largest absolute Gasteiger partial charge is 0.508 e. The minimum atomic E-state index is 0.0119. The number of fused-ring (bicyclic) bond motifs is 3. The minimum absolute atomic E-state index is 0.0119. The SMILES string of the molecule is Oc1cc(O)c2c(c1)c1c(N(c3ccc(-c4ccccc4)cc3)c3ccc(-c4ccccc4)cc3)cccc1n2-c1ccccc1. The summed E-state index contributed by atoms with van der Waals surface area (Å²) in [5, 5.41) is 23.6. The Morgan fingerprint density at radius 2 is 0.957 bits per heavy atom. The Labute approximate surface area is 267 Å². The van der Waals surface area contributed by atoms with E-state index in [4.69, 9.17) is 0 Å². The van der Waals surface area contributed by atoms with Gasteiger partial charge in [0, 0.05) is 33.9 Å². The molecular formula is C42H30N2O2. The van der Waals surface area contributed by atoms with Crippen LogP contribution >= 0.6 is 0 Å². The first-order chi connectivity index (χ1) is 22.7. The third kappa shape index (κ3) is 4.73. The molecule has 2 N–H and O–H groups in total. The smallest absolute Gasteiger partial charge is 0.143 e. The van der Waals surface area contributed by atoms with Gasteiger partial charge in [-0.25, -0.2) is 0 Å². The number of aromatic hydroxyl groups is 2. The first-order valence-corrected chi connectivity index (χ1v) is 15.3. The number of nitrogens with zero attached hydrogens (tertiary/aromatic N) is 2. The quantitative estimate of drug-likeness (QED) is 0.201. The molecule has 4 heteroatoms. The Morgan fingerprint density at radius 1 is 0.457 bits per heavy atom. The van der Waals surface area contributed by atoms with Crippen molar-refractivity contribution in [2.75, 3.05) is 4.90 Å². The molecule has 0 saturated heterocycles. The van der Waals surface area contributed by atoms with Gasteiger partial charge in [-0.15, -0.1) is 0 Å². The predicted octanol–water partition coefficient (Wildman–Crippen LogP) is 11.0. The minimum Gasteiger partial charge on any atom is -0.508 e. The van der Waals surface area contributed by atoms with Gasteiger partial charge in [0.2, 0.25) is 0 Å². The van der Waals surface area contributed by atoms with Crippen molar-refractivity contribution in [2.45, 2.75) is 0 Å². The zero-order chi connectivity index (χ0) is 31.0. The van der Waals surface area contributed by atoms with E-state index in [9.17, 15) is 10.2 Å². The summed E-state index contributed by atoms with van der Waals surface area (Å²) < 4.78 is 2.07. The topological polar surface area (TPSA) is 48.6 Å². The Hall–Kier alpha value is -6.26. The van der Waals surface area contributed by atoms with Crippen LogP contribution in [0, 0.1) is 0 Å². The summed E-state index contributed by atoms with van der Waals surface area (Å²) in [5.74, 6) is 0.0323. The molecule has 0 bridgehead atoms. The summed E-state index contributed by atoms with van der Waals surface area (Å²) in [6, 6.07) is 57.4. The van der Waals surface area contributed by atoms with Gasteiger partial charge in [-0.2, -0.15) is 0 Å². The van der Waals surface area contributed by atoms with Crippen LogP contribution in [0.4, 0.5) is 17.1 Å². The molecule has 0 unspecified atom stereocenters. The number of benzene rings is 7. The molecule has 0 fully saturated rings. The van der Waals surface area contributed by atoms with Crippen molar-refractivity contribution in [2.24, 2.45) is 0 Å². The molecule has 0 amide bonds. The van der Waals surface area contributed by atoms with Crippen molar-refractivity contribution in [1.82, 2.24) is 4.57 Å². The van der Waals surface area contributed by atoms with Crippen molar-refractivity contribution in [3.05, 3.63) is 170 Å². The van der Waals surface area contributed by atoms with Gasteiger partial charge in [-0.1, -0.05) is 109 Å². The number of phenols is 2. The number of rotatable bonds is 6. The molecule has 1 aromatic heterocycles. The van der Waals surface area contributed by atoms with E-state index in [1.54, 1.807) is 6.07 Å². The monoisotopic (exact) mass is 594 g/mol. The summed E-state index contributed by atoms with van der Waals surface area (Å²) in [4.78, 5) is 2.25. The van der Waals surface area contributed by atoms with Crippen LogP contribution in [0.15, 0.2) is 170 Å². The normalized spacial score (nSPS) is 11.2. The fourth-order valence-electron chi connectivity index (χ4n) is 6.47. The molecule has 8 aromatic rings. The van der Waals surface area contributed by atoms with E-state index in [-0.39, 0.29) is 11.5 Å². The number of hydrogen-bond acceptors (Lipinski definition) is 3. The molecule has 0 aliphatic heterocycles. The lowest BCUT2D eigenvalue weighted by Crippen LogP contribution is -2.10. The van der Waals surface area contributed by atoms with Gasteiger partial charge < -0.3 is 19.7 Å². The number of anilines is 3. The molecule has 220 valence electrons. The average Bonchev–Trinajstić information content (AvgIpc) is 3.45. The Kier molecular flexibility index (Phi) is 6.73. The molecule has 8 rings (SSSR count). The van der Waals surface area contributed by atoms with Crippen LogP contribution in [-0.4, -0.2) is 14.8 Å². The second-order valence-electron chi connectivity index (χ2n) is 11.4. The van der Waals surface area contributed by atoms with Crippen LogP contribution in [0.1, 0.15) is 0 Å². The second-order valence-corrected chi connectivity index (χ2v) is 11.4. The average molecular weight is 595 g/mol. The first-order valence-electron chi connectivity index (χ1n) is 15.3. The first kappa shape index (κ1) is 27.3. The highest BCUT2D eigenvalue weighted by atomic mass is 16.3. The lowest BCUT2D eigenvalue weighted by molar-refractivity contribution is 0.454. The van der Waals surface area contributed by atoms with Crippen LogP contribution in [0.25, 0.3) is 49.7 Å². The van der Waals surface area contributed by atoms with E-state index in [0.29, 0.717) is 5.52 Å². The summed E-state index contributed by atoms with van der Waals surface area (Å²) >= 11 is 0. The van der Waals surface area contributed by atoms with Crippen molar-refractivity contribution in [3.8, 4) is 39.4 Å². The lowest BCUT2D eigenvalue weighted by atomic mass is 10.0. The van der Waals surface area contributed by atoms with Gasteiger partial charge in [0.1, 0.15) is 11.5 Å². The molecule has 0 saturated carbocycles. The lowest BCUT2D eigenvalue weighted by Gasteiger charge is -2.27. The van der Waals surface area contributed by atoms with Gasteiger partial charge in [0.15, 0.2) is 0 Å². The molecule has 46 heavy (non-hydrogen) atoms. The maximum absolute atomic E-state index is 11.2. The summed E-state index contributed by atoms with van der Waals surface area (Å²) in [5.41, 5.74) is 9.99. The molecule has 0 spiro atoms. The molecule has 0 radical (unpaired) electrons. The standard InChI is InChI=1S/C42H30N2O2/c45-36-27-37-41-38(17-10-18-39(41)44(42(37)40(46)28-36)33-15-8-3-9-16-33)43(34-23-19-31(20-24-34)29-11-4-1-5-12-29)35-25-21-32(22-26-35)30-13-6-2-7-14-30/h1-28,45-46H. The highest BCUT2D eigenvalue weighted by Gasteiger charge is 2.23. The van der Waals surface area contributed by atoms with Crippen LogP contribution in [0.5, 0.6) is 11.5 Å². The molecular weight excluding hydrogens is 564 g/mol. The predicted molar refractivity (Wildman–Crippen MR) is 190 cm³/mol. The zero-order valence-corrected chi connectivity index (χ0v) is 25.0. The van der Waals surface area contributed by atoms with E-state index in [1.807, 2.05) is 42.5 Å². The fraction of sp³-hybridized carbons (Fsp3) is 0. The van der Waals surface area contributed by atoms with Crippen LogP contribution in [0.2, 0.25) is 0 Å². The van der Waals surface area contributed by atoms with Gasteiger partial charge in [0.25, 0.3) is 0 Å². The van der Waals surface area contributed by atoms with Gasteiger partial charge in [-0.05, 0) is 76.9 Å². The summed E-state index contributed by atoms with van der Waals surface area (Å²) in [6.07, 6.45) is 0. The Morgan fingerprint density at radius 3 is 1.50 bits per heavy atom. The molecule has 4 nitrogen and oxygen atoms in total. The van der Waals surface area contributed by atoms with E-state index < -0.39 is 0 Å². The van der Waals surface area contributed by atoms with Crippen LogP contribution in [-0.2, 0) is 0 Å². The van der Waals surface area contributed by atoms with E-state index in [0.717, 1.165) is 61.3 Å². The Balaban J connectivity index is 1.38. The highest BCUT2D eigenvalue weighted by molar-refractivity contribution is 6.18. The van der Waals surface area contributed by atoms with E-state index in [2.05, 4.69) is 125 Å². The second kappa shape index (κ2) is 11.3. The number of hydrogen-bond donors (Lipinski definition) is 2. The number of aromatic nitrogens is 1. The molecule has 0 aliphatic carbocycles. The van der Waals surface area contributed by atoms with Gasteiger partial charge in [-0.3, -0.25) is 0 Å². The molecule has 0 aliphatic rings. The van der Waals surface area contributed by atoms with E-state index in [1.165, 1.54) is 6.07 Å². The molecule has 0 atom stereocenters. The third-order valence-electron chi connectivity index (χ3n) is 8.55. The number of phenolic OH excluding ortho intramolecular Hbond substituents is 2. The maximum Gasteiger partial charge on any atom is 0.143 e. The highest BCUT2D eigenvalue weighted by Crippen LogP contribution is 2.47. The summed E-state index contributed by atoms with van der Waals surface area (Å²) in [7, 11) is 0. The van der Waals surface area contributed by atoms with Crippen molar-refractivity contribution in [3.63, 3.8) is 0 Å². The molecule has 7 aromatic carbocycles. The van der Waals surface area contributed by atoms with Crippen LogP contribution in [0.3, 0.4) is 0 Å². The van der Waals surface area contributed by atoms with E-state index >= 15 is 0 Å². The zero-order valence-electron chi connectivity index (χ0n) is 25.0. The Bertz CT molecular complexity index is 2210. The number of para-hydroxylation sites is 1. The van der Waals surface area contributed by atoms with Gasteiger partial charge >= 0.3 is 0 Å². The molecule has 1 heterocycles. The van der Waals surface area contributed by atoms with Crippen LogP contribution < -0.4 is 4.90 Å². The maximum atomic E-state index is 11.2. The van der Waals surface area contributed by atoms with Crippen molar-refractivity contribution in [1.29, 1.82) is 0 Å².